The van der Waals surface area contributed by atoms with Crippen molar-refractivity contribution in [2.24, 2.45) is 5.73 Å². The Hall–Kier alpha value is -0.940. The highest BCUT2D eigenvalue weighted by Crippen LogP contribution is 2.20. The summed E-state index contributed by atoms with van der Waals surface area (Å²) in [6.45, 7) is 11.4. The Morgan fingerprint density at radius 1 is 1.00 bits per heavy atom. The Labute approximate surface area is 129 Å². The molecule has 1 rings (SSSR count). The molecule has 1 atom stereocenters. The Kier molecular flexibility index (Phi) is 9.26. The van der Waals surface area contributed by atoms with E-state index in [1.807, 2.05) is 13.8 Å². The lowest BCUT2D eigenvalue weighted by atomic mass is 10.0. The molecule has 120 valence electrons. The molecule has 0 spiro atoms. The second-order valence-electron chi connectivity index (χ2n) is 5.09. The van der Waals surface area contributed by atoms with Gasteiger partial charge in [-0.3, -0.25) is 4.90 Å². The molecule has 0 radical (unpaired) electrons. The highest BCUT2D eigenvalue weighted by molar-refractivity contribution is 5.24. The van der Waals surface area contributed by atoms with Crippen LogP contribution in [0.25, 0.3) is 0 Å². The fourth-order valence-electron chi connectivity index (χ4n) is 2.36. The van der Waals surface area contributed by atoms with Gasteiger partial charge in [-0.1, -0.05) is 29.8 Å². The van der Waals surface area contributed by atoms with Gasteiger partial charge in [0.25, 0.3) is 0 Å². The molecule has 1 unspecified atom stereocenters. The van der Waals surface area contributed by atoms with E-state index < -0.39 is 0 Å². The fourth-order valence-corrected chi connectivity index (χ4v) is 2.36. The van der Waals surface area contributed by atoms with Crippen LogP contribution >= 0.6 is 0 Å². The molecule has 0 saturated carbocycles. The van der Waals surface area contributed by atoms with Crippen LogP contribution in [0.4, 0.5) is 0 Å². The Bertz CT molecular complexity index is 358. The van der Waals surface area contributed by atoms with E-state index >= 15 is 0 Å². The quantitative estimate of drug-likeness (QED) is 0.637. The zero-order chi connectivity index (χ0) is 15.5. The molecule has 0 heterocycles. The van der Waals surface area contributed by atoms with Crippen molar-refractivity contribution in [3.63, 3.8) is 0 Å². The molecule has 21 heavy (non-hydrogen) atoms. The maximum absolute atomic E-state index is 6.03. The summed E-state index contributed by atoms with van der Waals surface area (Å²) in [6, 6.07) is 8.83. The number of ether oxygens (including phenoxy) is 2. The van der Waals surface area contributed by atoms with Crippen LogP contribution in [-0.4, -0.2) is 51.0 Å². The Balaban J connectivity index is 2.72. The summed E-state index contributed by atoms with van der Waals surface area (Å²) in [4.78, 5) is 2.36. The zero-order valence-electron chi connectivity index (χ0n) is 13.7. The van der Waals surface area contributed by atoms with Crippen LogP contribution < -0.4 is 5.73 Å². The van der Waals surface area contributed by atoms with E-state index in [-0.39, 0.29) is 6.04 Å². The first-order valence-electron chi connectivity index (χ1n) is 7.89. The molecule has 1 aromatic carbocycles. The molecule has 0 saturated heterocycles. The number of rotatable bonds is 11. The van der Waals surface area contributed by atoms with Gasteiger partial charge in [-0.05, 0) is 26.3 Å². The maximum Gasteiger partial charge on any atom is 0.0593 e. The number of hydrogen-bond acceptors (Lipinski definition) is 4. The lowest BCUT2D eigenvalue weighted by Crippen LogP contribution is -2.38. The van der Waals surface area contributed by atoms with E-state index in [1.165, 1.54) is 11.1 Å². The lowest BCUT2D eigenvalue weighted by Gasteiger charge is -2.31. The highest BCUT2D eigenvalue weighted by Gasteiger charge is 2.18. The molecule has 0 aliphatic heterocycles. The Morgan fingerprint density at radius 3 is 1.95 bits per heavy atom. The second kappa shape index (κ2) is 10.7. The van der Waals surface area contributed by atoms with Gasteiger partial charge in [0, 0.05) is 38.9 Å². The van der Waals surface area contributed by atoms with Crippen LogP contribution in [0.3, 0.4) is 0 Å². The molecule has 0 aliphatic carbocycles. The number of aryl methyl sites for hydroxylation is 1. The van der Waals surface area contributed by atoms with E-state index in [1.54, 1.807) is 0 Å². The first-order valence-corrected chi connectivity index (χ1v) is 7.89. The van der Waals surface area contributed by atoms with E-state index in [4.69, 9.17) is 15.2 Å². The van der Waals surface area contributed by atoms with Crippen molar-refractivity contribution in [3.8, 4) is 0 Å². The number of benzene rings is 1. The normalized spacial score (nSPS) is 12.8. The van der Waals surface area contributed by atoms with Crippen LogP contribution in [-0.2, 0) is 9.47 Å². The molecule has 1 aromatic rings. The van der Waals surface area contributed by atoms with E-state index in [0.29, 0.717) is 6.54 Å². The van der Waals surface area contributed by atoms with Crippen LogP contribution in [0.15, 0.2) is 24.3 Å². The van der Waals surface area contributed by atoms with Crippen LogP contribution in [0.2, 0.25) is 0 Å². The summed E-state index contributed by atoms with van der Waals surface area (Å²) in [5, 5.41) is 0. The number of hydrogen-bond donors (Lipinski definition) is 1. The van der Waals surface area contributed by atoms with Gasteiger partial charge in [-0.2, -0.15) is 0 Å². The minimum Gasteiger partial charge on any atom is -0.380 e. The molecule has 0 aromatic heterocycles. The van der Waals surface area contributed by atoms with Gasteiger partial charge in [0.2, 0.25) is 0 Å². The van der Waals surface area contributed by atoms with Crippen LogP contribution in [0.1, 0.15) is 31.0 Å². The van der Waals surface area contributed by atoms with Crippen molar-refractivity contribution in [3.05, 3.63) is 35.4 Å². The van der Waals surface area contributed by atoms with Gasteiger partial charge in [-0.25, -0.2) is 0 Å². The van der Waals surface area contributed by atoms with Crippen molar-refractivity contribution in [1.29, 1.82) is 0 Å². The first kappa shape index (κ1) is 18.1. The third-order valence-electron chi connectivity index (χ3n) is 3.58. The van der Waals surface area contributed by atoms with Crippen LogP contribution in [0.5, 0.6) is 0 Å². The smallest absolute Gasteiger partial charge is 0.0593 e. The summed E-state index contributed by atoms with van der Waals surface area (Å²) in [5.74, 6) is 0. The predicted octanol–water partition coefficient (Wildman–Crippen LogP) is 2.37. The molecule has 0 bridgehead atoms. The van der Waals surface area contributed by atoms with Crippen molar-refractivity contribution in [2.75, 3.05) is 46.1 Å². The van der Waals surface area contributed by atoms with Crippen molar-refractivity contribution < 1.29 is 9.47 Å². The lowest BCUT2D eigenvalue weighted by molar-refractivity contribution is 0.0640. The monoisotopic (exact) mass is 294 g/mol. The fraction of sp³-hybridized carbons (Fsp3) is 0.647. The van der Waals surface area contributed by atoms with Gasteiger partial charge >= 0.3 is 0 Å². The minimum absolute atomic E-state index is 0.214. The summed E-state index contributed by atoms with van der Waals surface area (Å²) >= 11 is 0. The summed E-state index contributed by atoms with van der Waals surface area (Å²) < 4.78 is 11.0. The topological polar surface area (TPSA) is 47.7 Å². The average Bonchev–Trinajstić information content (AvgIpc) is 2.50. The average molecular weight is 294 g/mol. The van der Waals surface area contributed by atoms with Gasteiger partial charge in [0.05, 0.1) is 13.2 Å². The first-order chi connectivity index (χ1) is 10.2. The largest absolute Gasteiger partial charge is 0.380 e. The molecule has 0 amide bonds. The Morgan fingerprint density at radius 2 is 1.52 bits per heavy atom. The number of nitrogens with two attached hydrogens (primary N) is 1. The molecular formula is C17H30N2O2. The molecule has 4 nitrogen and oxygen atoms in total. The van der Waals surface area contributed by atoms with E-state index in [2.05, 4.69) is 36.1 Å². The molecular weight excluding hydrogens is 264 g/mol. The highest BCUT2D eigenvalue weighted by atomic mass is 16.5. The summed E-state index contributed by atoms with van der Waals surface area (Å²) in [6.07, 6.45) is 0. The van der Waals surface area contributed by atoms with Gasteiger partial charge in [-0.15, -0.1) is 0 Å². The predicted molar refractivity (Wildman–Crippen MR) is 87.5 cm³/mol. The molecule has 0 aliphatic rings. The SMILES string of the molecule is CCOCCN(CCOCC)C(CN)c1ccc(C)cc1. The van der Waals surface area contributed by atoms with E-state index in [9.17, 15) is 0 Å². The van der Waals surface area contributed by atoms with Crippen molar-refractivity contribution in [2.45, 2.75) is 26.8 Å². The van der Waals surface area contributed by atoms with Crippen molar-refractivity contribution >= 4 is 0 Å². The van der Waals surface area contributed by atoms with Crippen LogP contribution in [0, 0.1) is 6.92 Å². The third kappa shape index (κ3) is 6.57. The van der Waals surface area contributed by atoms with Gasteiger partial charge in [0.1, 0.15) is 0 Å². The van der Waals surface area contributed by atoms with Crippen molar-refractivity contribution in [1.82, 2.24) is 4.90 Å². The maximum atomic E-state index is 6.03. The summed E-state index contributed by atoms with van der Waals surface area (Å²) in [7, 11) is 0. The van der Waals surface area contributed by atoms with Gasteiger partial charge < -0.3 is 15.2 Å². The minimum atomic E-state index is 0.214. The third-order valence-corrected chi connectivity index (χ3v) is 3.58. The molecule has 2 N–H and O–H groups in total. The summed E-state index contributed by atoms with van der Waals surface area (Å²) in [5.41, 5.74) is 8.56. The standard InChI is InChI=1S/C17H30N2O2/c1-4-20-12-10-19(11-13-21-5-2)17(14-18)16-8-6-15(3)7-9-16/h6-9,17H,4-5,10-14,18H2,1-3H3. The van der Waals surface area contributed by atoms with E-state index in [0.717, 1.165) is 39.5 Å². The number of nitrogens with zero attached hydrogens (tertiary/aromatic N) is 1. The van der Waals surface area contributed by atoms with Gasteiger partial charge in [0.15, 0.2) is 0 Å². The molecule has 4 heteroatoms. The second-order valence-corrected chi connectivity index (χ2v) is 5.09. The molecule has 0 fully saturated rings. The zero-order valence-corrected chi connectivity index (χ0v) is 13.7.